The van der Waals surface area contributed by atoms with Crippen molar-refractivity contribution in [2.75, 3.05) is 19.7 Å². The lowest BCUT2D eigenvalue weighted by molar-refractivity contribution is -0.134. The van der Waals surface area contributed by atoms with Crippen molar-refractivity contribution in [1.82, 2.24) is 4.90 Å². The molecule has 1 aliphatic rings. The summed E-state index contributed by atoms with van der Waals surface area (Å²) in [6.07, 6.45) is 0.689. The average Bonchev–Trinajstić information content (AvgIpc) is 2.84. The summed E-state index contributed by atoms with van der Waals surface area (Å²) in [5.41, 5.74) is 2.17. The van der Waals surface area contributed by atoms with Gasteiger partial charge < -0.3 is 9.64 Å². The van der Waals surface area contributed by atoms with Crippen molar-refractivity contribution in [3.05, 3.63) is 84.7 Å². The number of nitrogens with zero attached hydrogens (tertiary/aromatic N) is 1. The number of piperidine rings is 1. The number of carbonyl (C=O) groups excluding carboxylic acids is 1. The molecule has 166 valence electrons. The summed E-state index contributed by atoms with van der Waals surface area (Å²) < 4.78 is 44.3. The molecule has 5 nitrogen and oxygen atoms in total. The van der Waals surface area contributed by atoms with Crippen LogP contribution in [0.2, 0.25) is 0 Å². The van der Waals surface area contributed by atoms with Gasteiger partial charge in [0.15, 0.2) is 16.4 Å². The van der Waals surface area contributed by atoms with Gasteiger partial charge in [-0.3, -0.25) is 4.79 Å². The Balaban J connectivity index is 1.29. The van der Waals surface area contributed by atoms with Crippen LogP contribution in [0, 0.1) is 5.82 Å². The largest absolute Gasteiger partial charge is 0.484 e. The SMILES string of the molecule is O=C(COc1ccc(-c2ccccc2)cc1)N1CCC(S(=O)(=O)c2ccc(F)cc2)CC1. The maximum absolute atomic E-state index is 13.1. The fourth-order valence-electron chi connectivity index (χ4n) is 3.84. The number of rotatable bonds is 6. The number of hydrogen-bond donors (Lipinski definition) is 0. The van der Waals surface area contributed by atoms with Gasteiger partial charge >= 0.3 is 0 Å². The molecule has 0 N–H and O–H groups in total. The second kappa shape index (κ2) is 9.53. The third kappa shape index (κ3) is 4.99. The molecule has 0 radical (unpaired) electrons. The first kappa shape index (κ1) is 22.0. The third-order valence-electron chi connectivity index (χ3n) is 5.70. The Morgan fingerprint density at radius 1 is 0.875 bits per heavy atom. The third-order valence-corrected chi connectivity index (χ3v) is 7.98. The van der Waals surface area contributed by atoms with Crippen LogP contribution in [0.4, 0.5) is 4.39 Å². The molecule has 4 rings (SSSR count). The minimum Gasteiger partial charge on any atom is -0.484 e. The van der Waals surface area contributed by atoms with Gasteiger partial charge in [0.1, 0.15) is 11.6 Å². The molecule has 1 aliphatic heterocycles. The molecule has 1 amide bonds. The van der Waals surface area contributed by atoms with Crippen LogP contribution in [0.3, 0.4) is 0 Å². The highest BCUT2D eigenvalue weighted by atomic mass is 32.2. The van der Waals surface area contributed by atoms with Crippen molar-refractivity contribution in [3.63, 3.8) is 0 Å². The quantitative estimate of drug-likeness (QED) is 0.521. The number of benzene rings is 3. The summed E-state index contributed by atoms with van der Waals surface area (Å²) in [5.74, 6) is -0.0411. The number of likely N-dealkylation sites (tertiary alicyclic amines) is 1. The summed E-state index contributed by atoms with van der Waals surface area (Å²) in [6, 6.07) is 22.4. The van der Waals surface area contributed by atoms with Gasteiger partial charge in [-0.2, -0.15) is 0 Å². The molecular formula is C25H24FNO4S. The van der Waals surface area contributed by atoms with E-state index in [1.807, 2.05) is 54.6 Å². The van der Waals surface area contributed by atoms with E-state index >= 15 is 0 Å². The monoisotopic (exact) mass is 453 g/mol. The fraction of sp³-hybridized carbons (Fsp3) is 0.240. The van der Waals surface area contributed by atoms with E-state index in [1.165, 1.54) is 12.1 Å². The lowest BCUT2D eigenvalue weighted by atomic mass is 10.1. The number of sulfone groups is 1. The van der Waals surface area contributed by atoms with E-state index in [2.05, 4.69) is 0 Å². The van der Waals surface area contributed by atoms with Crippen molar-refractivity contribution in [3.8, 4) is 16.9 Å². The van der Waals surface area contributed by atoms with Gasteiger partial charge in [-0.25, -0.2) is 12.8 Å². The lowest BCUT2D eigenvalue weighted by Gasteiger charge is -2.31. The molecule has 0 spiro atoms. The van der Waals surface area contributed by atoms with Crippen LogP contribution in [0.1, 0.15) is 12.8 Å². The van der Waals surface area contributed by atoms with Gasteiger partial charge in [-0.15, -0.1) is 0 Å². The average molecular weight is 454 g/mol. The van der Waals surface area contributed by atoms with Crippen LogP contribution < -0.4 is 4.74 Å². The predicted octanol–water partition coefficient (Wildman–Crippen LogP) is 4.34. The highest BCUT2D eigenvalue weighted by Gasteiger charge is 2.32. The van der Waals surface area contributed by atoms with Crippen LogP contribution in [-0.2, 0) is 14.6 Å². The molecule has 0 aliphatic carbocycles. The first-order valence-corrected chi connectivity index (χ1v) is 12.0. The molecule has 0 saturated carbocycles. The van der Waals surface area contributed by atoms with Crippen molar-refractivity contribution in [2.45, 2.75) is 23.0 Å². The van der Waals surface area contributed by atoms with E-state index in [0.717, 1.165) is 23.3 Å². The summed E-state index contributed by atoms with van der Waals surface area (Å²) in [4.78, 5) is 14.3. The Kier molecular flexibility index (Phi) is 6.55. The molecule has 32 heavy (non-hydrogen) atoms. The second-order valence-corrected chi connectivity index (χ2v) is 9.99. The zero-order chi connectivity index (χ0) is 22.6. The number of amides is 1. The molecule has 1 fully saturated rings. The number of carbonyl (C=O) groups is 1. The fourth-order valence-corrected chi connectivity index (χ4v) is 5.57. The summed E-state index contributed by atoms with van der Waals surface area (Å²) in [6.45, 7) is 0.598. The normalized spacial score (nSPS) is 14.8. The van der Waals surface area contributed by atoms with E-state index < -0.39 is 20.9 Å². The van der Waals surface area contributed by atoms with E-state index in [1.54, 1.807) is 4.90 Å². The molecule has 3 aromatic rings. The van der Waals surface area contributed by atoms with Crippen LogP contribution >= 0.6 is 0 Å². The van der Waals surface area contributed by atoms with E-state index in [-0.39, 0.29) is 17.4 Å². The Bertz CT molecular complexity index is 1150. The molecule has 0 bridgehead atoms. The van der Waals surface area contributed by atoms with E-state index in [0.29, 0.717) is 31.7 Å². The van der Waals surface area contributed by atoms with Crippen molar-refractivity contribution in [2.24, 2.45) is 0 Å². The Morgan fingerprint density at radius 2 is 1.47 bits per heavy atom. The first-order valence-electron chi connectivity index (χ1n) is 10.5. The summed E-state index contributed by atoms with van der Waals surface area (Å²) in [7, 11) is -3.55. The molecule has 0 atom stereocenters. The molecule has 7 heteroatoms. The topological polar surface area (TPSA) is 63.7 Å². The smallest absolute Gasteiger partial charge is 0.260 e. The van der Waals surface area contributed by atoms with Gasteiger partial charge in [-0.1, -0.05) is 42.5 Å². The van der Waals surface area contributed by atoms with Crippen molar-refractivity contribution < 1.29 is 22.3 Å². The molecule has 1 saturated heterocycles. The standard InChI is InChI=1S/C25H24FNO4S/c26-21-8-12-23(13-9-21)32(29,30)24-14-16-27(17-15-24)25(28)18-31-22-10-6-20(7-11-22)19-4-2-1-3-5-19/h1-13,24H,14-18H2. The predicted molar refractivity (Wildman–Crippen MR) is 121 cm³/mol. The Hall–Kier alpha value is -3.19. The zero-order valence-corrected chi connectivity index (χ0v) is 18.3. The Morgan fingerprint density at radius 3 is 2.09 bits per heavy atom. The van der Waals surface area contributed by atoms with Crippen LogP contribution in [-0.4, -0.2) is 44.2 Å². The zero-order valence-electron chi connectivity index (χ0n) is 17.5. The lowest BCUT2D eigenvalue weighted by Crippen LogP contribution is -2.44. The van der Waals surface area contributed by atoms with Crippen LogP contribution in [0.25, 0.3) is 11.1 Å². The number of hydrogen-bond acceptors (Lipinski definition) is 4. The maximum Gasteiger partial charge on any atom is 0.260 e. The molecule has 3 aromatic carbocycles. The molecule has 0 aromatic heterocycles. The summed E-state index contributed by atoms with van der Waals surface area (Å²) in [5, 5.41) is -0.580. The minimum atomic E-state index is -3.55. The van der Waals surface area contributed by atoms with Gasteiger partial charge in [0.25, 0.3) is 5.91 Å². The Labute approximate surface area is 187 Å². The number of ether oxygens (including phenoxy) is 1. The first-order chi connectivity index (χ1) is 15.4. The van der Waals surface area contributed by atoms with E-state index in [9.17, 15) is 17.6 Å². The highest BCUT2D eigenvalue weighted by molar-refractivity contribution is 7.92. The highest BCUT2D eigenvalue weighted by Crippen LogP contribution is 2.25. The second-order valence-electron chi connectivity index (χ2n) is 7.76. The van der Waals surface area contributed by atoms with E-state index in [4.69, 9.17) is 4.74 Å². The van der Waals surface area contributed by atoms with Gasteiger partial charge in [-0.05, 0) is 60.4 Å². The number of halogens is 1. The van der Waals surface area contributed by atoms with Crippen LogP contribution in [0.15, 0.2) is 83.8 Å². The summed E-state index contributed by atoms with van der Waals surface area (Å²) >= 11 is 0. The maximum atomic E-state index is 13.1. The van der Waals surface area contributed by atoms with Crippen molar-refractivity contribution in [1.29, 1.82) is 0 Å². The molecule has 0 unspecified atom stereocenters. The van der Waals surface area contributed by atoms with Crippen molar-refractivity contribution >= 4 is 15.7 Å². The molecule has 1 heterocycles. The van der Waals surface area contributed by atoms with Gasteiger partial charge in [0.2, 0.25) is 0 Å². The van der Waals surface area contributed by atoms with Gasteiger partial charge in [0, 0.05) is 13.1 Å². The van der Waals surface area contributed by atoms with Gasteiger partial charge in [0.05, 0.1) is 10.1 Å². The van der Waals surface area contributed by atoms with Crippen LogP contribution in [0.5, 0.6) is 5.75 Å². The minimum absolute atomic E-state index is 0.0972. The molecular weight excluding hydrogens is 429 g/mol.